The van der Waals surface area contributed by atoms with E-state index in [1.54, 1.807) is 14.2 Å². The zero-order chi connectivity index (χ0) is 11.4. The van der Waals surface area contributed by atoms with Crippen molar-refractivity contribution in [1.82, 2.24) is 0 Å². The predicted octanol–water partition coefficient (Wildman–Crippen LogP) is 3.17. The van der Waals surface area contributed by atoms with E-state index in [0.717, 1.165) is 22.6 Å². The molecule has 0 spiro atoms. The van der Waals surface area contributed by atoms with Crippen molar-refractivity contribution in [2.24, 2.45) is 0 Å². The smallest absolute Gasteiger partial charge is 0.119 e. The molecule has 2 aromatic rings. The average Bonchev–Trinajstić information content (AvgIpc) is 2.39. The van der Waals surface area contributed by atoms with E-state index in [0.29, 0.717) is 0 Å². The standard InChI is InChI=1S/C14H13O2/c1-15-13-8-6-11(7-9-13)12-4-3-5-14(10-12)16-2/h3,5-10H,1-2H3. The molecule has 0 fully saturated rings. The van der Waals surface area contributed by atoms with E-state index < -0.39 is 0 Å². The van der Waals surface area contributed by atoms with E-state index in [4.69, 9.17) is 9.47 Å². The highest BCUT2D eigenvalue weighted by Gasteiger charge is 2.00. The van der Waals surface area contributed by atoms with E-state index in [1.165, 1.54) is 0 Å². The van der Waals surface area contributed by atoms with E-state index in [1.807, 2.05) is 42.5 Å². The quantitative estimate of drug-likeness (QED) is 0.779. The third-order valence-corrected chi connectivity index (χ3v) is 2.41. The predicted molar refractivity (Wildman–Crippen MR) is 63.8 cm³/mol. The topological polar surface area (TPSA) is 18.5 Å². The molecule has 0 amide bonds. The van der Waals surface area contributed by atoms with Crippen LogP contribution in [0.25, 0.3) is 11.1 Å². The van der Waals surface area contributed by atoms with Gasteiger partial charge in [0, 0.05) is 0 Å². The van der Waals surface area contributed by atoms with Crippen LogP contribution in [0.4, 0.5) is 0 Å². The van der Waals surface area contributed by atoms with Crippen molar-refractivity contribution in [1.29, 1.82) is 0 Å². The largest absolute Gasteiger partial charge is 0.497 e. The Kier molecular flexibility index (Phi) is 3.10. The van der Waals surface area contributed by atoms with Crippen LogP contribution < -0.4 is 9.47 Å². The van der Waals surface area contributed by atoms with Crippen molar-refractivity contribution < 1.29 is 9.47 Å². The highest BCUT2D eigenvalue weighted by Crippen LogP contribution is 2.24. The molecule has 16 heavy (non-hydrogen) atoms. The summed E-state index contributed by atoms with van der Waals surface area (Å²) in [7, 11) is 3.32. The molecule has 0 saturated heterocycles. The second-order valence-electron chi connectivity index (χ2n) is 3.37. The summed E-state index contributed by atoms with van der Waals surface area (Å²) in [6, 6.07) is 16.8. The van der Waals surface area contributed by atoms with E-state index in [-0.39, 0.29) is 0 Å². The molecule has 1 radical (unpaired) electrons. The van der Waals surface area contributed by atoms with Gasteiger partial charge in [0.15, 0.2) is 0 Å². The van der Waals surface area contributed by atoms with Gasteiger partial charge in [-0.15, -0.1) is 0 Å². The summed E-state index contributed by atoms with van der Waals surface area (Å²) in [6.45, 7) is 0. The normalized spacial score (nSPS) is 9.88. The first-order chi connectivity index (χ1) is 7.83. The van der Waals surface area contributed by atoms with Crippen molar-refractivity contribution in [3.8, 4) is 22.6 Å². The fourth-order valence-corrected chi connectivity index (χ4v) is 1.51. The van der Waals surface area contributed by atoms with Crippen LogP contribution in [0.3, 0.4) is 0 Å². The van der Waals surface area contributed by atoms with Gasteiger partial charge in [-0.1, -0.05) is 18.2 Å². The third-order valence-electron chi connectivity index (χ3n) is 2.41. The third kappa shape index (κ3) is 2.16. The van der Waals surface area contributed by atoms with Crippen molar-refractivity contribution in [3.63, 3.8) is 0 Å². The van der Waals surface area contributed by atoms with Crippen molar-refractivity contribution >= 4 is 0 Å². The van der Waals surface area contributed by atoms with Gasteiger partial charge in [-0.05, 0) is 41.5 Å². The number of methoxy groups -OCH3 is 2. The summed E-state index contributed by atoms with van der Waals surface area (Å²) in [5.74, 6) is 1.69. The van der Waals surface area contributed by atoms with Gasteiger partial charge >= 0.3 is 0 Å². The Hall–Kier alpha value is -1.96. The van der Waals surface area contributed by atoms with Crippen molar-refractivity contribution in [2.45, 2.75) is 0 Å². The first-order valence-corrected chi connectivity index (χ1v) is 5.03. The van der Waals surface area contributed by atoms with Gasteiger partial charge in [0.1, 0.15) is 11.5 Å². The fraction of sp³-hybridized carbons (Fsp3) is 0.143. The lowest BCUT2D eigenvalue weighted by atomic mass is 10.1. The van der Waals surface area contributed by atoms with Crippen LogP contribution in [0.1, 0.15) is 0 Å². The zero-order valence-corrected chi connectivity index (χ0v) is 9.36. The molecular weight excluding hydrogens is 200 g/mol. The average molecular weight is 213 g/mol. The molecule has 0 saturated carbocycles. The van der Waals surface area contributed by atoms with Crippen molar-refractivity contribution in [3.05, 3.63) is 48.5 Å². The van der Waals surface area contributed by atoms with Crippen LogP contribution in [-0.2, 0) is 0 Å². The molecule has 2 nitrogen and oxygen atoms in total. The van der Waals surface area contributed by atoms with Gasteiger partial charge in [-0.25, -0.2) is 0 Å². The minimum absolute atomic E-state index is 0.838. The monoisotopic (exact) mass is 213 g/mol. The lowest BCUT2D eigenvalue weighted by Gasteiger charge is -2.05. The number of benzene rings is 2. The minimum atomic E-state index is 0.838. The molecular formula is C14H13O2. The Morgan fingerprint density at radius 2 is 1.56 bits per heavy atom. The fourth-order valence-electron chi connectivity index (χ4n) is 1.51. The van der Waals surface area contributed by atoms with Crippen LogP contribution in [-0.4, -0.2) is 14.2 Å². The summed E-state index contributed by atoms with van der Waals surface area (Å²) in [6.07, 6.45) is 0. The van der Waals surface area contributed by atoms with Crippen LogP contribution in [0.5, 0.6) is 11.5 Å². The zero-order valence-electron chi connectivity index (χ0n) is 9.36. The molecule has 2 aromatic carbocycles. The molecule has 0 unspecified atom stereocenters. The van der Waals surface area contributed by atoms with E-state index in [9.17, 15) is 0 Å². The Bertz CT molecular complexity index is 460. The molecule has 0 aromatic heterocycles. The van der Waals surface area contributed by atoms with Gasteiger partial charge in [-0.2, -0.15) is 0 Å². The second-order valence-corrected chi connectivity index (χ2v) is 3.37. The molecule has 0 bridgehead atoms. The molecule has 81 valence electrons. The molecule has 2 heteroatoms. The van der Waals surface area contributed by atoms with Crippen LogP contribution in [0.2, 0.25) is 0 Å². The summed E-state index contributed by atoms with van der Waals surface area (Å²) in [5.41, 5.74) is 2.11. The Morgan fingerprint density at radius 1 is 0.875 bits per heavy atom. The van der Waals surface area contributed by atoms with Crippen molar-refractivity contribution in [2.75, 3.05) is 14.2 Å². The maximum atomic E-state index is 5.18. The Labute approximate surface area is 95.4 Å². The molecule has 0 aliphatic rings. The summed E-state index contributed by atoms with van der Waals surface area (Å²) in [5, 5.41) is 0. The van der Waals surface area contributed by atoms with Crippen LogP contribution in [0.15, 0.2) is 42.5 Å². The Balaban J connectivity index is 2.34. The van der Waals surface area contributed by atoms with Gasteiger partial charge in [0.25, 0.3) is 0 Å². The number of hydrogen-bond acceptors (Lipinski definition) is 2. The minimum Gasteiger partial charge on any atom is -0.497 e. The van der Waals surface area contributed by atoms with Crippen LogP contribution in [0, 0.1) is 6.07 Å². The molecule has 0 atom stereocenters. The van der Waals surface area contributed by atoms with E-state index >= 15 is 0 Å². The molecule has 0 aliphatic carbocycles. The Morgan fingerprint density at radius 3 is 2.19 bits per heavy atom. The van der Waals surface area contributed by atoms with Gasteiger partial charge < -0.3 is 9.47 Å². The molecule has 0 heterocycles. The summed E-state index contributed by atoms with van der Waals surface area (Å²) < 4.78 is 10.3. The molecule has 0 aliphatic heterocycles. The maximum Gasteiger partial charge on any atom is 0.119 e. The van der Waals surface area contributed by atoms with Gasteiger partial charge in [0.2, 0.25) is 0 Å². The first kappa shape index (κ1) is 10.6. The number of rotatable bonds is 3. The molecule has 2 rings (SSSR count). The lowest BCUT2D eigenvalue weighted by Crippen LogP contribution is -1.85. The number of hydrogen-bond donors (Lipinski definition) is 0. The second kappa shape index (κ2) is 4.71. The van der Waals surface area contributed by atoms with E-state index in [2.05, 4.69) is 6.07 Å². The highest BCUT2D eigenvalue weighted by atomic mass is 16.5. The summed E-state index contributed by atoms with van der Waals surface area (Å²) >= 11 is 0. The number of ether oxygens (including phenoxy) is 2. The first-order valence-electron chi connectivity index (χ1n) is 5.03. The summed E-state index contributed by atoms with van der Waals surface area (Å²) in [4.78, 5) is 0. The molecule has 0 N–H and O–H groups in total. The lowest BCUT2D eigenvalue weighted by molar-refractivity contribution is 0.414. The van der Waals surface area contributed by atoms with Gasteiger partial charge in [0.05, 0.1) is 14.2 Å². The SMILES string of the molecule is COc1ccc(-c2[c]ccc(OC)c2)cc1. The highest BCUT2D eigenvalue weighted by molar-refractivity contribution is 5.65. The maximum absolute atomic E-state index is 5.18. The van der Waals surface area contributed by atoms with Crippen LogP contribution >= 0.6 is 0 Å². The van der Waals surface area contributed by atoms with Gasteiger partial charge in [-0.3, -0.25) is 0 Å².